The number of ether oxygens (including phenoxy) is 2. The van der Waals surface area contributed by atoms with Crippen LogP contribution in [-0.4, -0.2) is 18.3 Å². The highest BCUT2D eigenvalue weighted by atomic mass is 32.1. The Labute approximate surface area is 190 Å². The molecule has 0 amide bonds. The molecule has 32 heavy (non-hydrogen) atoms. The molecule has 4 rings (SSSR count). The van der Waals surface area contributed by atoms with Crippen LogP contribution in [0.1, 0.15) is 16.7 Å². The Morgan fingerprint density at radius 2 is 1.81 bits per heavy atom. The van der Waals surface area contributed by atoms with Crippen molar-refractivity contribution in [3.63, 3.8) is 0 Å². The van der Waals surface area contributed by atoms with Crippen molar-refractivity contribution in [2.75, 3.05) is 12.5 Å². The van der Waals surface area contributed by atoms with Gasteiger partial charge < -0.3 is 9.47 Å². The maximum atomic E-state index is 13.1. The van der Waals surface area contributed by atoms with Gasteiger partial charge in [0.1, 0.15) is 12.4 Å². The fourth-order valence-corrected chi connectivity index (χ4v) is 3.64. The lowest BCUT2D eigenvalue weighted by Crippen LogP contribution is -1.99. The molecule has 0 radical (unpaired) electrons. The van der Waals surface area contributed by atoms with Crippen LogP contribution in [0.2, 0.25) is 0 Å². The Kier molecular flexibility index (Phi) is 6.77. The minimum atomic E-state index is -0.270. The van der Waals surface area contributed by atoms with Crippen LogP contribution in [0.5, 0.6) is 11.5 Å². The zero-order valence-corrected chi connectivity index (χ0v) is 18.5. The Hall–Kier alpha value is -3.71. The molecule has 1 aromatic heterocycles. The van der Waals surface area contributed by atoms with Gasteiger partial charge in [-0.05, 0) is 60.5 Å². The molecule has 5 nitrogen and oxygen atoms in total. The molecule has 0 aliphatic carbocycles. The van der Waals surface area contributed by atoms with E-state index in [1.54, 1.807) is 25.5 Å². The summed E-state index contributed by atoms with van der Waals surface area (Å²) in [4.78, 5) is 4.48. The smallest absolute Gasteiger partial charge is 0.203 e. The highest BCUT2D eigenvalue weighted by Gasteiger charge is 2.07. The van der Waals surface area contributed by atoms with Crippen LogP contribution in [0.4, 0.5) is 9.52 Å². The maximum absolute atomic E-state index is 13.1. The molecular weight excluding hydrogens is 425 g/mol. The SMILES string of the molecule is COc1ccc(/C=N\Nc2nc(-c3ccc(F)cc3)cs2)cc1OCc1ccc(C)cc1. The van der Waals surface area contributed by atoms with Crippen LogP contribution in [-0.2, 0) is 6.61 Å². The van der Waals surface area contributed by atoms with Crippen molar-refractivity contribution in [3.8, 4) is 22.8 Å². The maximum Gasteiger partial charge on any atom is 0.203 e. The lowest BCUT2D eigenvalue weighted by atomic mass is 10.1. The number of rotatable bonds is 8. The first-order chi connectivity index (χ1) is 15.6. The standard InChI is InChI=1S/C25H22FN3O2S/c1-17-3-5-18(6-4-17)15-31-24-13-19(7-12-23(24)30-2)14-27-29-25-28-22(16-32-25)20-8-10-21(26)11-9-20/h3-14,16H,15H2,1-2H3,(H,28,29)/b27-14-. The van der Waals surface area contributed by atoms with E-state index in [9.17, 15) is 4.39 Å². The molecule has 162 valence electrons. The quantitative estimate of drug-likeness (QED) is 0.255. The third-order valence-electron chi connectivity index (χ3n) is 4.72. The van der Waals surface area contributed by atoms with Gasteiger partial charge >= 0.3 is 0 Å². The van der Waals surface area contributed by atoms with E-state index >= 15 is 0 Å². The third-order valence-corrected chi connectivity index (χ3v) is 5.47. The first-order valence-electron chi connectivity index (χ1n) is 9.97. The minimum Gasteiger partial charge on any atom is -0.493 e. The first-order valence-corrected chi connectivity index (χ1v) is 10.9. The van der Waals surface area contributed by atoms with Crippen molar-refractivity contribution < 1.29 is 13.9 Å². The number of thiazole rings is 1. The fourth-order valence-electron chi connectivity index (χ4n) is 2.97. The molecule has 0 saturated heterocycles. The second-order valence-electron chi connectivity index (χ2n) is 7.10. The van der Waals surface area contributed by atoms with Crippen molar-refractivity contribution in [1.82, 2.24) is 4.98 Å². The van der Waals surface area contributed by atoms with Crippen LogP contribution in [0.15, 0.2) is 77.2 Å². The predicted molar refractivity (Wildman–Crippen MR) is 127 cm³/mol. The van der Waals surface area contributed by atoms with Crippen molar-refractivity contribution >= 4 is 22.7 Å². The average Bonchev–Trinajstić information content (AvgIpc) is 3.28. The molecule has 0 aliphatic rings. The molecule has 0 spiro atoms. The van der Waals surface area contributed by atoms with Gasteiger partial charge in [0, 0.05) is 10.9 Å². The number of hydrogen-bond donors (Lipinski definition) is 1. The number of benzene rings is 3. The number of nitrogens with one attached hydrogen (secondary N) is 1. The lowest BCUT2D eigenvalue weighted by molar-refractivity contribution is 0.284. The summed E-state index contributed by atoms with van der Waals surface area (Å²) in [6.45, 7) is 2.50. The summed E-state index contributed by atoms with van der Waals surface area (Å²) < 4.78 is 24.5. The Balaban J connectivity index is 1.41. The molecule has 0 unspecified atom stereocenters. The molecule has 0 fully saturated rings. The summed E-state index contributed by atoms with van der Waals surface area (Å²) in [5, 5.41) is 6.82. The molecule has 0 saturated carbocycles. The molecule has 7 heteroatoms. The summed E-state index contributed by atoms with van der Waals surface area (Å²) in [5.74, 6) is 1.03. The van der Waals surface area contributed by atoms with Gasteiger partial charge in [0.2, 0.25) is 5.13 Å². The topological polar surface area (TPSA) is 55.7 Å². The minimum absolute atomic E-state index is 0.270. The van der Waals surface area contributed by atoms with Crippen molar-refractivity contribution in [1.29, 1.82) is 0 Å². The summed E-state index contributed by atoms with van der Waals surface area (Å²) >= 11 is 1.43. The van der Waals surface area contributed by atoms with E-state index in [1.165, 1.54) is 29.0 Å². The van der Waals surface area contributed by atoms with Gasteiger partial charge in [0.05, 0.1) is 19.0 Å². The van der Waals surface area contributed by atoms with Crippen molar-refractivity contribution in [3.05, 3.63) is 94.6 Å². The molecule has 4 aromatic rings. The highest BCUT2D eigenvalue weighted by Crippen LogP contribution is 2.29. The van der Waals surface area contributed by atoms with Crippen LogP contribution in [0, 0.1) is 12.7 Å². The summed E-state index contributed by atoms with van der Waals surface area (Å²) in [5.41, 5.74) is 7.70. The second kappa shape index (κ2) is 10.1. The summed E-state index contributed by atoms with van der Waals surface area (Å²) in [7, 11) is 1.62. The normalized spacial score (nSPS) is 11.0. The van der Waals surface area contributed by atoms with E-state index in [-0.39, 0.29) is 5.82 Å². The number of hydrogen-bond acceptors (Lipinski definition) is 6. The van der Waals surface area contributed by atoms with E-state index in [1.807, 2.05) is 35.7 Å². The Morgan fingerprint density at radius 1 is 1.03 bits per heavy atom. The van der Waals surface area contributed by atoms with Gasteiger partial charge in [0.25, 0.3) is 0 Å². The highest BCUT2D eigenvalue weighted by molar-refractivity contribution is 7.14. The number of halogens is 1. The van der Waals surface area contributed by atoms with E-state index in [0.29, 0.717) is 23.2 Å². The summed E-state index contributed by atoms with van der Waals surface area (Å²) in [6, 6.07) is 20.1. The fraction of sp³-hybridized carbons (Fsp3) is 0.120. The van der Waals surface area contributed by atoms with Gasteiger partial charge in [-0.15, -0.1) is 11.3 Å². The Bertz CT molecular complexity index is 1200. The van der Waals surface area contributed by atoms with E-state index in [0.717, 1.165) is 22.4 Å². The van der Waals surface area contributed by atoms with Gasteiger partial charge in [-0.1, -0.05) is 29.8 Å². The van der Waals surface area contributed by atoms with Gasteiger partial charge in [0.15, 0.2) is 11.5 Å². The van der Waals surface area contributed by atoms with Crippen LogP contribution >= 0.6 is 11.3 Å². The lowest BCUT2D eigenvalue weighted by Gasteiger charge is -2.11. The van der Waals surface area contributed by atoms with Gasteiger partial charge in [-0.3, -0.25) is 5.43 Å². The van der Waals surface area contributed by atoms with Crippen molar-refractivity contribution in [2.24, 2.45) is 5.10 Å². The van der Waals surface area contributed by atoms with Crippen LogP contribution < -0.4 is 14.9 Å². The predicted octanol–water partition coefficient (Wildman–Crippen LogP) is 6.29. The van der Waals surface area contributed by atoms with Crippen LogP contribution in [0.3, 0.4) is 0 Å². The molecule has 1 N–H and O–H groups in total. The number of hydrazone groups is 1. The van der Waals surface area contributed by atoms with Gasteiger partial charge in [-0.2, -0.15) is 5.10 Å². The van der Waals surface area contributed by atoms with Crippen LogP contribution in [0.25, 0.3) is 11.3 Å². The van der Waals surface area contributed by atoms with E-state index in [2.05, 4.69) is 34.6 Å². The monoisotopic (exact) mass is 447 g/mol. The number of methoxy groups -OCH3 is 1. The first kappa shape index (κ1) is 21.5. The average molecular weight is 448 g/mol. The number of anilines is 1. The molecule has 0 atom stereocenters. The zero-order valence-electron chi connectivity index (χ0n) is 17.7. The van der Waals surface area contributed by atoms with E-state index < -0.39 is 0 Å². The molecule has 0 bridgehead atoms. The third kappa shape index (κ3) is 5.50. The Morgan fingerprint density at radius 3 is 2.56 bits per heavy atom. The van der Waals surface area contributed by atoms with Gasteiger partial charge in [-0.25, -0.2) is 9.37 Å². The second-order valence-corrected chi connectivity index (χ2v) is 7.96. The molecule has 0 aliphatic heterocycles. The number of nitrogens with zero attached hydrogens (tertiary/aromatic N) is 2. The summed E-state index contributed by atoms with van der Waals surface area (Å²) in [6.07, 6.45) is 1.69. The number of aromatic nitrogens is 1. The molecular formula is C25H22FN3O2S. The molecule has 3 aromatic carbocycles. The molecule has 1 heterocycles. The zero-order chi connectivity index (χ0) is 22.3. The number of aryl methyl sites for hydroxylation is 1. The largest absolute Gasteiger partial charge is 0.493 e. The van der Waals surface area contributed by atoms with E-state index in [4.69, 9.17) is 9.47 Å². The van der Waals surface area contributed by atoms with Crippen molar-refractivity contribution in [2.45, 2.75) is 13.5 Å².